The average Bonchev–Trinajstić information content (AvgIpc) is 2.95. The van der Waals surface area contributed by atoms with E-state index in [1.165, 1.54) is 19.3 Å². The van der Waals surface area contributed by atoms with Crippen LogP contribution in [0.1, 0.15) is 84.5 Å². The van der Waals surface area contributed by atoms with Crippen molar-refractivity contribution in [2.75, 3.05) is 0 Å². The quantitative estimate of drug-likeness (QED) is 0.721. The van der Waals surface area contributed by atoms with Crippen LogP contribution in [0.25, 0.3) is 0 Å². The van der Waals surface area contributed by atoms with Gasteiger partial charge in [0, 0.05) is 11.8 Å². The second-order valence-electron chi connectivity index (χ2n) is 10.4. The Balaban J connectivity index is 1.41. The van der Waals surface area contributed by atoms with Crippen LogP contribution in [0.4, 0.5) is 0 Å². The summed E-state index contributed by atoms with van der Waals surface area (Å²) in [4.78, 5) is 35.1. The van der Waals surface area contributed by atoms with Crippen molar-refractivity contribution in [3.63, 3.8) is 0 Å². The van der Waals surface area contributed by atoms with Crippen LogP contribution in [0.2, 0.25) is 0 Å². The summed E-state index contributed by atoms with van der Waals surface area (Å²) in [5, 5.41) is 8.74. The number of ketones is 1. The minimum absolute atomic E-state index is 0.0350. The molecular weight excluding hydrogens is 356 g/mol. The molecule has 0 aliphatic heterocycles. The summed E-state index contributed by atoms with van der Waals surface area (Å²) in [7, 11) is 0. The Hall–Kier alpha value is -1.39. The molecule has 0 aromatic carbocycles. The third-order valence-corrected chi connectivity index (χ3v) is 9.17. The molecule has 0 heterocycles. The van der Waals surface area contributed by atoms with Crippen molar-refractivity contribution in [1.29, 1.82) is 0 Å². The number of hydrogen-bond acceptors (Lipinski definition) is 4. The van der Waals surface area contributed by atoms with Gasteiger partial charge in [0.1, 0.15) is 11.9 Å². The molecule has 4 rings (SSSR count). The highest BCUT2D eigenvalue weighted by molar-refractivity contribution is 5.87. The standard InChI is InChI=1S/C23H34O5/c1-22-11-9-15(28-21(27)8-7-20(25)26)13-14(22)3-4-16-17-5-6-19(24)23(17,2)12-10-18(16)22/h14-18H,3-13H2,1-2H3,(H,25,26)/t14-,15+,16-,17-,18-,22-,23-/m0/s1. The van der Waals surface area contributed by atoms with Crippen molar-refractivity contribution < 1.29 is 24.2 Å². The van der Waals surface area contributed by atoms with Gasteiger partial charge in [-0.1, -0.05) is 13.8 Å². The largest absolute Gasteiger partial charge is 0.481 e. The van der Waals surface area contributed by atoms with Gasteiger partial charge in [0.05, 0.1) is 12.8 Å². The summed E-state index contributed by atoms with van der Waals surface area (Å²) in [6.45, 7) is 4.68. The fourth-order valence-electron chi connectivity index (χ4n) is 7.55. The van der Waals surface area contributed by atoms with Gasteiger partial charge in [-0.15, -0.1) is 0 Å². The molecule has 1 N–H and O–H groups in total. The van der Waals surface area contributed by atoms with Crippen LogP contribution in [0.15, 0.2) is 0 Å². The van der Waals surface area contributed by atoms with Gasteiger partial charge < -0.3 is 9.84 Å². The van der Waals surface area contributed by atoms with Crippen LogP contribution < -0.4 is 0 Å². The van der Waals surface area contributed by atoms with Gasteiger partial charge in [0.15, 0.2) is 0 Å². The molecule has 4 fully saturated rings. The third-order valence-electron chi connectivity index (χ3n) is 9.17. The molecule has 7 atom stereocenters. The minimum atomic E-state index is -0.957. The number of fused-ring (bicyclic) bond motifs is 5. The van der Waals surface area contributed by atoms with E-state index in [1.807, 2.05) is 0 Å². The highest BCUT2D eigenvalue weighted by Crippen LogP contribution is 2.65. The Morgan fingerprint density at radius 1 is 1.04 bits per heavy atom. The zero-order valence-electron chi connectivity index (χ0n) is 17.2. The molecule has 0 unspecified atom stereocenters. The SMILES string of the molecule is C[C@]12CC[C@@H](OC(=O)CCC(=O)O)C[C@@H]1CC[C@@H]1[C@@H]2CC[C@]2(C)C(=O)CC[C@@H]12. The van der Waals surface area contributed by atoms with Gasteiger partial charge in [-0.05, 0) is 80.5 Å². The molecule has 0 saturated heterocycles. The number of rotatable bonds is 4. The predicted octanol–water partition coefficient (Wildman–Crippen LogP) is 4.37. The van der Waals surface area contributed by atoms with Crippen LogP contribution in [0.3, 0.4) is 0 Å². The van der Waals surface area contributed by atoms with Crippen LogP contribution in [-0.4, -0.2) is 28.9 Å². The fraction of sp³-hybridized carbons (Fsp3) is 0.870. The first-order valence-electron chi connectivity index (χ1n) is 11.2. The van der Waals surface area contributed by atoms with Crippen molar-refractivity contribution in [3.8, 4) is 0 Å². The normalized spacial score (nSPS) is 44.9. The predicted molar refractivity (Wildman–Crippen MR) is 103 cm³/mol. The van der Waals surface area contributed by atoms with Gasteiger partial charge >= 0.3 is 11.9 Å². The Kier molecular flexibility index (Phi) is 5.08. The first-order chi connectivity index (χ1) is 13.2. The van der Waals surface area contributed by atoms with Crippen molar-refractivity contribution in [2.45, 2.75) is 90.6 Å². The fourth-order valence-corrected chi connectivity index (χ4v) is 7.55. The molecule has 0 spiro atoms. The molecular formula is C23H34O5. The number of carbonyl (C=O) groups is 3. The Bertz CT molecular complexity index is 672. The monoisotopic (exact) mass is 390 g/mol. The third kappa shape index (κ3) is 3.19. The smallest absolute Gasteiger partial charge is 0.306 e. The van der Waals surface area contributed by atoms with Gasteiger partial charge in [-0.3, -0.25) is 14.4 Å². The van der Waals surface area contributed by atoms with E-state index in [2.05, 4.69) is 13.8 Å². The lowest BCUT2D eigenvalue weighted by molar-refractivity contribution is -0.163. The average molecular weight is 391 g/mol. The maximum Gasteiger partial charge on any atom is 0.306 e. The summed E-state index contributed by atoms with van der Waals surface area (Å²) in [6.07, 6.45) is 9.08. The molecule has 156 valence electrons. The number of hydrogen-bond donors (Lipinski definition) is 1. The van der Waals surface area contributed by atoms with E-state index in [0.717, 1.165) is 38.5 Å². The molecule has 28 heavy (non-hydrogen) atoms. The molecule has 0 amide bonds. The molecule has 0 aromatic heterocycles. The highest BCUT2D eigenvalue weighted by Gasteiger charge is 2.60. The molecule has 5 nitrogen and oxygen atoms in total. The van der Waals surface area contributed by atoms with Gasteiger partial charge in [-0.25, -0.2) is 0 Å². The van der Waals surface area contributed by atoms with E-state index >= 15 is 0 Å². The number of carboxylic acids is 1. The Morgan fingerprint density at radius 2 is 1.82 bits per heavy atom. The number of carbonyl (C=O) groups excluding carboxylic acids is 2. The maximum absolute atomic E-state index is 12.5. The molecule has 5 heteroatoms. The second-order valence-corrected chi connectivity index (χ2v) is 10.4. The Morgan fingerprint density at radius 3 is 2.57 bits per heavy atom. The first kappa shape index (κ1) is 19.9. The van der Waals surface area contributed by atoms with Crippen molar-refractivity contribution in [1.82, 2.24) is 0 Å². The molecule has 4 aliphatic rings. The minimum Gasteiger partial charge on any atom is -0.481 e. The molecule has 4 saturated carbocycles. The van der Waals surface area contributed by atoms with Crippen LogP contribution in [0, 0.1) is 34.5 Å². The molecule has 0 bridgehead atoms. The zero-order chi connectivity index (χ0) is 20.1. The van der Waals surface area contributed by atoms with E-state index in [0.29, 0.717) is 34.9 Å². The van der Waals surface area contributed by atoms with E-state index in [4.69, 9.17) is 9.84 Å². The van der Waals surface area contributed by atoms with Crippen LogP contribution in [0.5, 0.6) is 0 Å². The lowest BCUT2D eigenvalue weighted by Crippen LogP contribution is -2.54. The number of Topliss-reactive ketones (excluding diaryl/α,β-unsaturated/α-hetero) is 1. The number of aliphatic carboxylic acids is 1. The van der Waals surface area contributed by atoms with Crippen molar-refractivity contribution in [2.24, 2.45) is 34.5 Å². The topological polar surface area (TPSA) is 80.7 Å². The van der Waals surface area contributed by atoms with Crippen molar-refractivity contribution in [3.05, 3.63) is 0 Å². The Labute approximate surface area is 167 Å². The highest BCUT2D eigenvalue weighted by atomic mass is 16.5. The van der Waals surface area contributed by atoms with Gasteiger partial charge in [0.25, 0.3) is 0 Å². The number of carboxylic acid groups (broad SMARTS) is 1. The summed E-state index contributed by atoms with van der Waals surface area (Å²) < 4.78 is 5.62. The first-order valence-corrected chi connectivity index (χ1v) is 11.2. The number of ether oxygens (including phenoxy) is 1. The van der Waals surface area contributed by atoms with E-state index in [9.17, 15) is 14.4 Å². The van der Waals surface area contributed by atoms with E-state index in [1.54, 1.807) is 0 Å². The second kappa shape index (κ2) is 7.14. The van der Waals surface area contributed by atoms with Crippen molar-refractivity contribution >= 4 is 17.7 Å². The van der Waals surface area contributed by atoms with Gasteiger partial charge in [-0.2, -0.15) is 0 Å². The van der Waals surface area contributed by atoms with E-state index in [-0.39, 0.29) is 30.3 Å². The number of esters is 1. The lowest BCUT2D eigenvalue weighted by Gasteiger charge is -2.60. The van der Waals surface area contributed by atoms with Crippen LogP contribution >= 0.6 is 0 Å². The van der Waals surface area contributed by atoms with Crippen LogP contribution in [-0.2, 0) is 19.1 Å². The summed E-state index contributed by atoms with van der Waals surface area (Å²) >= 11 is 0. The molecule has 0 radical (unpaired) electrons. The summed E-state index contributed by atoms with van der Waals surface area (Å²) in [6, 6.07) is 0. The molecule has 4 aliphatic carbocycles. The lowest BCUT2D eigenvalue weighted by atomic mass is 9.45. The zero-order valence-corrected chi connectivity index (χ0v) is 17.2. The molecule has 0 aromatic rings. The maximum atomic E-state index is 12.5. The van der Waals surface area contributed by atoms with Gasteiger partial charge in [0.2, 0.25) is 0 Å². The summed E-state index contributed by atoms with van der Waals surface area (Å²) in [5.74, 6) is 1.69. The summed E-state index contributed by atoms with van der Waals surface area (Å²) in [5.41, 5.74) is 0.223. The van der Waals surface area contributed by atoms with E-state index < -0.39 is 5.97 Å².